The Balaban J connectivity index is 2.14. The SMILES string of the molecule is CC(C)N1CCOC12CCCN(C(C)(C)C)C2. The maximum Gasteiger partial charge on any atom is 0.134 e. The molecule has 100 valence electrons. The van der Waals surface area contributed by atoms with E-state index in [1.165, 1.54) is 19.4 Å². The van der Waals surface area contributed by atoms with Crippen LogP contribution in [0.5, 0.6) is 0 Å². The summed E-state index contributed by atoms with van der Waals surface area (Å²) in [6, 6.07) is 0.581. The van der Waals surface area contributed by atoms with Crippen LogP contribution in [0.25, 0.3) is 0 Å². The van der Waals surface area contributed by atoms with E-state index in [0.717, 1.165) is 19.7 Å². The van der Waals surface area contributed by atoms with Crippen LogP contribution in [0, 0.1) is 0 Å². The summed E-state index contributed by atoms with van der Waals surface area (Å²) in [6.07, 6.45) is 2.44. The van der Waals surface area contributed by atoms with Crippen molar-refractivity contribution >= 4 is 0 Å². The van der Waals surface area contributed by atoms with Gasteiger partial charge in [-0.3, -0.25) is 9.80 Å². The first-order valence-electron chi connectivity index (χ1n) is 7.01. The zero-order chi connectivity index (χ0) is 12.7. The maximum absolute atomic E-state index is 6.16. The van der Waals surface area contributed by atoms with Gasteiger partial charge in [0.05, 0.1) is 6.61 Å². The molecule has 17 heavy (non-hydrogen) atoms. The normalized spacial score (nSPS) is 32.8. The molecule has 3 heteroatoms. The van der Waals surface area contributed by atoms with Crippen LogP contribution in [0.3, 0.4) is 0 Å². The lowest BCUT2D eigenvalue weighted by molar-refractivity contribution is -0.147. The minimum Gasteiger partial charge on any atom is -0.358 e. The number of hydrogen-bond donors (Lipinski definition) is 0. The van der Waals surface area contributed by atoms with E-state index in [0.29, 0.717) is 6.04 Å². The standard InChI is InChI=1S/C14H28N2O/c1-12(2)16-9-10-17-14(16)7-6-8-15(11-14)13(3,4)5/h12H,6-11H2,1-5H3. The third-order valence-electron chi connectivity index (χ3n) is 4.23. The third kappa shape index (κ3) is 2.51. The Morgan fingerprint density at radius 2 is 1.88 bits per heavy atom. The molecule has 2 aliphatic heterocycles. The molecule has 0 N–H and O–H groups in total. The molecule has 1 atom stereocenters. The Kier molecular flexibility index (Phi) is 3.54. The second-order valence-corrected chi connectivity index (χ2v) is 6.78. The molecule has 0 amide bonds. The van der Waals surface area contributed by atoms with Gasteiger partial charge >= 0.3 is 0 Å². The predicted molar refractivity (Wildman–Crippen MR) is 71.1 cm³/mol. The lowest BCUT2D eigenvalue weighted by Gasteiger charge is -2.50. The van der Waals surface area contributed by atoms with Crippen molar-refractivity contribution in [3.8, 4) is 0 Å². The first-order chi connectivity index (χ1) is 7.85. The fourth-order valence-corrected chi connectivity index (χ4v) is 3.28. The number of rotatable bonds is 1. The van der Waals surface area contributed by atoms with Gasteiger partial charge in [-0.15, -0.1) is 0 Å². The van der Waals surface area contributed by atoms with Crippen LogP contribution in [0.4, 0.5) is 0 Å². The Morgan fingerprint density at radius 1 is 1.18 bits per heavy atom. The van der Waals surface area contributed by atoms with E-state index in [4.69, 9.17) is 4.74 Å². The Hall–Kier alpha value is -0.120. The van der Waals surface area contributed by atoms with E-state index in [-0.39, 0.29) is 11.3 Å². The summed E-state index contributed by atoms with van der Waals surface area (Å²) >= 11 is 0. The minimum absolute atomic E-state index is 0.000301. The highest BCUT2D eigenvalue weighted by Gasteiger charge is 2.47. The van der Waals surface area contributed by atoms with Gasteiger partial charge in [0, 0.05) is 24.7 Å². The summed E-state index contributed by atoms with van der Waals surface area (Å²) in [4.78, 5) is 5.14. The summed E-state index contributed by atoms with van der Waals surface area (Å²) in [5, 5.41) is 0. The number of piperidine rings is 1. The van der Waals surface area contributed by atoms with Crippen molar-refractivity contribution in [1.82, 2.24) is 9.80 Å². The lowest BCUT2D eigenvalue weighted by atomic mass is 9.94. The van der Waals surface area contributed by atoms with E-state index < -0.39 is 0 Å². The van der Waals surface area contributed by atoms with Crippen molar-refractivity contribution in [2.45, 2.75) is 64.8 Å². The molecule has 0 aliphatic carbocycles. The Labute approximate surface area is 106 Å². The Morgan fingerprint density at radius 3 is 2.47 bits per heavy atom. The minimum atomic E-state index is -0.000301. The largest absolute Gasteiger partial charge is 0.358 e. The average Bonchev–Trinajstić information content (AvgIpc) is 2.60. The molecule has 0 aromatic carbocycles. The highest BCUT2D eigenvalue weighted by Crippen LogP contribution is 2.36. The average molecular weight is 240 g/mol. The number of nitrogens with zero attached hydrogens (tertiary/aromatic N) is 2. The van der Waals surface area contributed by atoms with E-state index in [2.05, 4.69) is 44.4 Å². The molecular weight excluding hydrogens is 212 g/mol. The molecule has 0 aromatic heterocycles. The Bertz CT molecular complexity index is 272. The quantitative estimate of drug-likeness (QED) is 0.699. The van der Waals surface area contributed by atoms with Crippen LogP contribution in [-0.4, -0.2) is 53.3 Å². The fraction of sp³-hybridized carbons (Fsp3) is 1.00. The summed E-state index contributed by atoms with van der Waals surface area (Å²) < 4.78 is 6.16. The number of likely N-dealkylation sites (tertiary alicyclic amines) is 1. The molecule has 2 heterocycles. The van der Waals surface area contributed by atoms with E-state index in [1.54, 1.807) is 0 Å². The monoisotopic (exact) mass is 240 g/mol. The van der Waals surface area contributed by atoms with Gasteiger partial charge in [0.2, 0.25) is 0 Å². The van der Waals surface area contributed by atoms with Crippen LogP contribution in [-0.2, 0) is 4.74 Å². The fourth-order valence-electron chi connectivity index (χ4n) is 3.28. The van der Waals surface area contributed by atoms with Crippen LogP contribution in [0.1, 0.15) is 47.5 Å². The molecule has 1 unspecified atom stereocenters. The highest BCUT2D eigenvalue weighted by atomic mass is 16.5. The molecule has 0 radical (unpaired) electrons. The van der Waals surface area contributed by atoms with E-state index in [9.17, 15) is 0 Å². The molecule has 0 aromatic rings. The van der Waals surface area contributed by atoms with Gasteiger partial charge in [0.15, 0.2) is 0 Å². The molecule has 2 fully saturated rings. The summed E-state index contributed by atoms with van der Waals surface area (Å²) in [7, 11) is 0. The highest BCUT2D eigenvalue weighted by molar-refractivity contribution is 4.96. The molecule has 2 rings (SSSR count). The molecule has 0 bridgehead atoms. The van der Waals surface area contributed by atoms with Crippen molar-refractivity contribution in [2.75, 3.05) is 26.2 Å². The van der Waals surface area contributed by atoms with Crippen molar-refractivity contribution in [3.05, 3.63) is 0 Å². The summed E-state index contributed by atoms with van der Waals surface area (Å²) in [5.74, 6) is 0. The van der Waals surface area contributed by atoms with E-state index in [1.807, 2.05) is 0 Å². The second-order valence-electron chi connectivity index (χ2n) is 6.78. The van der Waals surface area contributed by atoms with Crippen LogP contribution < -0.4 is 0 Å². The van der Waals surface area contributed by atoms with Crippen molar-refractivity contribution in [1.29, 1.82) is 0 Å². The van der Waals surface area contributed by atoms with Gasteiger partial charge in [-0.25, -0.2) is 0 Å². The first kappa shape index (κ1) is 13.3. The smallest absolute Gasteiger partial charge is 0.134 e. The summed E-state index contributed by atoms with van der Waals surface area (Å²) in [6.45, 7) is 15.8. The molecule has 2 saturated heterocycles. The van der Waals surface area contributed by atoms with Crippen molar-refractivity contribution < 1.29 is 4.74 Å². The van der Waals surface area contributed by atoms with Gasteiger partial charge in [-0.2, -0.15) is 0 Å². The molecule has 3 nitrogen and oxygen atoms in total. The van der Waals surface area contributed by atoms with Gasteiger partial charge < -0.3 is 4.74 Å². The van der Waals surface area contributed by atoms with Gasteiger partial charge in [0.25, 0.3) is 0 Å². The molecule has 1 spiro atoms. The van der Waals surface area contributed by atoms with Crippen LogP contribution >= 0.6 is 0 Å². The lowest BCUT2D eigenvalue weighted by Crippen LogP contribution is -2.61. The predicted octanol–water partition coefficient (Wildman–Crippen LogP) is 2.32. The van der Waals surface area contributed by atoms with Crippen LogP contribution in [0.2, 0.25) is 0 Å². The zero-order valence-corrected chi connectivity index (χ0v) is 12.1. The van der Waals surface area contributed by atoms with Crippen LogP contribution in [0.15, 0.2) is 0 Å². The van der Waals surface area contributed by atoms with Crippen molar-refractivity contribution in [2.24, 2.45) is 0 Å². The zero-order valence-electron chi connectivity index (χ0n) is 12.1. The second kappa shape index (κ2) is 4.52. The third-order valence-corrected chi connectivity index (χ3v) is 4.23. The van der Waals surface area contributed by atoms with E-state index >= 15 is 0 Å². The number of hydrogen-bond acceptors (Lipinski definition) is 3. The van der Waals surface area contributed by atoms with Gasteiger partial charge in [-0.05, 0) is 54.0 Å². The molecular formula is C14H28N2O. The van der Waals surface area contributed by atoms with Crippen molar-refractivity contribution in [3.63, 3.8) is 0 Å². The summed E-state index contributed by atoms with van der Waals surface area (Å²) in [5.41, 5.74) is 0.252. The first-order valence-corrected chi connectivity index (χ1v) is 7.01. The molecule has 2 aliphatic rings. The van der Waals surface area contributed by atoms with Gasteiger partial charge in [0.1, 0.15) is 5.72 Å². The van der Waals surface area contributed by atoms with Gasteiger partial charge in [-0.1, -0.05) is 0 Å². The maximum atomic E-state index is 6.16. The topological polar surface area (TPSA) is 15.7 Å². The molecule has 0 saturated carbocycles. The number of ether oxygens (including phenoxy) is 1.